The molecule has 5 aromatic rings. The van der Waals surface area contributed by atoms with Crippen LogP contribution in [-0.4, -0.2) is 25.1 Å². The number of aromatic amines is 1. The number of pyridine rings is 1. The van der Waals surface area contributed by atoms with Crippen LogP contribution in [-0.2, 0) is 19.5 Å². The van der Waals surface area contributed by atoms with Crippen molar-refractivity contribution < 1.29 is 0 Å². The maximum Gasteiger partial charge on any atom is 0.131 e. The molecule has 0 saturated carbocycles. The summed E-state index contributed by atoms with van der Waals surface area (Å²) in [5.74, 6) is 2.10. The van der Waals surface area contributed by atoms with Crippen LogP contribution in [0, 0.1) is 13.8 Å². The zero-order chi connectivity index (χ0) is 24.2. The third kappa shape index (κ3) is 5.06. The number of nitrogen functional groups attached to an aromatic ring is 1. The number of anilines is 3. The lowest BCUT2D eigenvalue weighted by atomic mass is 9.96. The fourth-order valence-electron chi connectivity index (χ4n) is 4.30. The molecular formula is C27H28N8. The average molecular weight is 465 g/mol. The van der Waals surface area contributed by atoms with Crippen LogP contribution in [0.15, 0.2) is 67.3 Å². The quantitative estimate of drug-likeness (QED) is 0.261. The van der Waals surface area contributed by atoms with Crippen LogP contribution in [0.4, 0.5) is 17.5 Å². The SMILES string of the molecule is Cc1cc2c(N)nccc2c(C)c1CNc1cc(NCc2ccc(Cc3ccn[nH]3)cc2)ncn1. The highest BCUT2D eigenvalue weighted by molar-refractivity contribution is 5.94. The van der Waals surface area contributed by atoms with E-state index in [0.29, 0.717) is 18.9 Å². The Balaban J connectivity index is 1.22. The number of hydrogen-bond donors (Lipinski definition) is 4. The summed E-state index contributed by atoms with van der Waals surface area (Å²) in [4.78, 5) is 13.0. The molecule has 0 fully saturated rings. The van der Waals surface area contributed by atoms with Gasteiger partial charge < -0.3 is 16.4 Å². The number of rotatable bonds is 8. The van der Waals surface area contributed by atoms with E-state index >= 15 is 0 Å². The highest BCUT2D eigenvalue weighted by Crippen LogP contribution is 2.28. The van der Waals surface area contributed by atoms with E-state index < -0.39 is 0 Å². The second kappa shape index (κ2) is 9.80. The van der Waals surface area contributed by atoms with Crippen LogP contribution in [0.5, 0.6) is 0 Å². The normalized spacial score (nSPS) is 11.0. The van der Waals surface area contributed by atoms with Crippen molar-refractivity contribution in [3.8, 4) is 0 Å². The Morgan fingerprint density at radius 1 is 0.800 bits per heavy atom. The van der Waals surface area contributed by atoms with E-state index in [-0.39, 0.29) is 0 Å². The minimum absolute atomic E-state index is 0.562. The predicted molar refractivity (Wildman–Crippen MR) is 140 cm³/mol. The molecule has 0 saturated heterocycles. The van der Waals surface area contributed by atoms with Gasteiger partial charge in [0.05, 0.1) is 0 Å². The molecule has 0 bridgehead atoms. The molecule has 3 aromatic heterocycles. The van der Waals surface area contributed by atoms with Crippen molar-refractivity contribution in [2.45, 2.75) is 33.4 Å². The standard InChI is InChI=1S/C27H28N8/c1-17-11-23-22(8-9-29-27(23)28)18(2)24(17)15-31-26-13-25(32-16-33-26)30-14-20-5-3-19(4-6-20)12-21-7-10-34-35-21/h3-11,13,16H,12,14-15H2,1-2H3,(H2,28,29)(H,34,35)(H2,30,31,32,33). The van der Waals surface area contributed by atoms with Crippen molar-refractivity contribution in [3.05, 3.63) is 101 Å². The fraction of sp³-hybridized carbons (Fsp3) is 0.185. The van der Waals surface area contributed by atoms with E-state index in [2.05, 4.69) is 80.0 Å². The van der Waals surface area contributed by atoms with E-state index in [1.165, 1.54) is 27.8 Å². The summed E-state index contributed by atoms with van der Waals surface area (Å²) in [6.07, 6.45) is 5.95. The highest BCUT2D eigenvalue weighted by Gasteiger charge is 2.10. The molecule has 0 aliphatic rings. The van der Waals surface area contributed by atoms with Crippen LogP contribution in [0.25, 0.3) is 10.8 Å². The summed E-state index contributed by atoms with van der Waals surface area (Å²) in [6.45, 7) is 5.56. The van der Waals surface area contributed by atoms with E-state index in [1.807, 2.05) is 18.2 Å². The van der Waals surface area contributed by atoms with Crippen molar-refractivity contribution >= 4 is 28.2 Å². The number of aromatic nitrogens is 5. The number of aryl methyl sites for hydroxylation is 2. The Hall–Kier alpha value is -4.46. The zero-order valence-corrected chi connectivity index (χ0v) is 19.8. The van der Waals surface area contributed by atoms with Crippen molar-refractivity contribution in [3.63, 3.8) is 0 Å². The Kier molecular flexibility index (Phi) is 6.26. The van der Waals surface area contributed by atoms with Crippen molar-refractivity contribution in [2.75, 3.05) is 16.4 Å². The number of benzene rings is 2. The van der Waals surface area contributed by atoms with E-state index in [4.69, 9.17) is 5.73 Å². The maximum atomic E-state index is 6.08. The Morgan fingerprint density at radius 2 is 1.54 bits per heavy atom. The third-order valence-corrected chi connectivity index (χ3v) is 6.28. The molecule has 0 amide bonds. The molecule has 5 N–H and O–H groups in total. The number of nitrogens with one attached hydrogen (secondary N) is 3. The Labute approximate surface area is 204 Å². The number of fused-ring (bicyclic) bond motifs is 1. The van der Waals surface area contributed by atoms with Gasteiger partial charge in [0.1, 0.15) is 23.8 Å². The summed E-state index contributed by atoms with van der Waals surface area (Å²) in [6, 6.07) is 16.6. The lowest BCUT2D eigenvalue weighted by molar-refractivity contribution is 0.994. The molecule has 0 unspecified atom stereocenters. The first-order valence-electron chi connectivity index (χ1n) is 11.6. The van der Waals surface area contributed by atoms with Crippen LogP contribution < -0.4 is 16.4 Å². The van der Waals surface area contributed by atoms with Crippen molar-refractivity contribution in [2.24, 2.45) is 0 Å². The summed E-state index contributed by atoms with van der Waals surface area (Å²) >= 11 is 0. The summed E-state index contributed by atoms with van der Waals surface area (Å²) in [5.41, 5.74) is 13.2. The third-order valence-electron chi connectivity index (χ3n) is 6.28. The molecule has 5 rings (SSSR count). The molecular weight excluding hydrogens is 436 g/mol. The van der Waals surface area contributed by atoms with Crippen LogP contribution >= 0.6 is 0 Å². The van der Waals surface area contributed by atoms with Crippen molar-refractivity contribution in [1.29, 1.82) is 0 Å². The first kappa shape index (κ1) is 22.3. The largest absolute Gasteiger partial charge is 0.383 e. The Morgan fingerprint density at radius 3 is 2.29 bits per heavy atom. The van der Waals surface area contributed by atoms with Gasteiger partial charge in [-0.05, 0) is 65.3 Å². The Bertz CT molecular complexity index is 1440. The molecule has 0 spiro atoms. The highest BCUT2D eigenvalue weighted by atomic mass is 15.1. The molecule has 0 atom stereocenters. The van der Waals surface area contributed by atoms with Gasteiger partial charge in [0.2, 0.25) is 0 Å². The van der Waals surface area contributed by atoms with E-state index in [9.17, 15) is 0 Å². The topological polar surface area (TPSA) is 117 Å². The zero-order valence-electron chi connectivity index (χ0n) is 19.8. The minimum atomic E-state index is 0.562. The molecule has 3 heterocycles. The number of hydrogen-bond acceptors (Lipinski definition) is 7. The van der Waals surface area contributed by atoms with Crippen LogP contribution in [0.3, 0.4) is 0 Å². The van der Waals surface area contributed by atoms with Gasteiger partial charge in [-0.25, -0.2) is 15.0 Å². The molecule has 8 heteroatoms. The first-order chi connectivity index (χ1) is 17.1. The van der Waals surface area contributed by atoms with Gasteiger partial charge >= 0.3 is 0 Å². The monoisotopic (exact) mass is 464 g/mol. The van der Waals surface area contributed by atoms with Gasteiger partial charge in [0.25, 0.3) is 0 Å². The van der Waals surface area contributed by atoms with Crippen molar-refractivity contribution in [1.82, 2.24) is 25.1 Å². The summed E-state index contributed by atoms with van der Waals surface area (Å²) < 4.78 is 0. The second-order valence-electron chi connectivity index (χ2n) is 8.66. The van der Waals surface area contributed by atoms with E-state index in [1.54, 1.807) is 18.7 Å². The second-order valence-corrected chi connectivity index (χ2v) is 8.66. The molecule has 0 radical (unpaired) electrons. The number of H-pyrrole nitrogens is 1. The molecule has 2 aromatic carbocycles. The lowest BCUT2D eigenvalue weighted by Gasteiger charge is -2.15. The van der Waals surface area contributed by atoms with Gasteiger partial charge in [0, 0.05) is 49.1 Å². The molecule has 176 valence electrons. The maximum absolute atomic E-state index is 6.08. The van der Waals surface area contributed by atoms with Crippen LogP contribution in [0.1, 0.15) is 33.5 Å². The average Bonchev–Trinajstić information content (AvgIpc) is 3.38. The van der Waals surface area contributed by atoms with E-state index in [0.717, 1.165) is 34.5 Å². The van der Waals surface area contributed by atoms with Gasteiger partial charge in [-0.3, -0.25) is 5.10 Å². The van der Waals surface area contributed by atoms with Gasteiger partial charge in [-0.15, -0.1) is 0 Å². The molecule has 0 aliphatic carbocycles. The summed E-state index contributed by atoms with van der Waals surface area (Å²) in [7, 11) is 0. The summed E-state index contributed by atoms with van der Waals surface area (Å²) in [5, 5.41) is 16.0. The molecule has 8 nitrogen and oxygen atoms in total. The van der Waals surface area contributed by atoms with Crippen LogP contribution in [0.2, 0.25) is 0 Å². The minimum Gasteiger partial charge on any atom is -0.383 e. The first-order valence-corrected chi connectivity index (χ1v) is 11.6. The predicted octanol–water partition coefficient (Wildman–Crippen LogP) is 4.76. The smallest absolute Gasteiger partial charge is 0.131 e. The van der Waals surface area contributed by atoms with Gasteiger partial charge in [-0.1, -0.05) is 24.3 Å². The number of nitrogens with two attached hydrogens (primary N) is 1. The lowest BCUT2D eigenvalue weighted by Crippen LogP contribution is -2.08. The fourth-order valence-corrected chi connectivity index (χ4v) is 4.30. The van der Waals surface area contributed by atoms with Gasteiger partial charge in [0.15, 0.2) is 0 Å². The molecule has 35 heavy (non-hydrogen) atoms. The molecule has 0 aliphatic heterocycles. The number of nitrogens with zero attached hydrogens (tertiary/aromatic N) is 4. The van der Waals surface area contributed by atoms with Gasteiger partial charge in [-0.2, -0.15) is 5.10 Å².